The van der Waals surface area contributed by atoms with Gasteiger partial charge in [0, 0.05) is 30.6 Å². The van der Waals surface area contributed by atoms with Crippen LogP contribution in [0.3, 0.4) is 0 Å². The number of nitrogens with zero attached hydrogens (tertiary/aromatic N) is 3. The maximum Gasteiger partial charge on any atom is 0.227 e. The highest BCUT2D eigenvalue weighted by molar-refractivity contribution is 5.94. The second-order valence-electron chi connectivity index (χ2n) is 6.91. The van der Waals surface area contributed by atoms with Crippen molar-refractivity contribution in [3.8, 4) is 5.75 Å². The van der Waals surface area contributed by atoms with E-state index in [9.17, 15) is 4.79 Å². The maximum atomic E-state index is 12.6. The van der Waals surface area contributed by atoms with Crippen molar-refractivity contribution in [3.63, 3.8) is 0 Å². The first kappa shape index (κ1) is 17.5. The first-order valence-electron chi connectivity index (χ1n) is 9.32. The van der Waals surface area contributed by atoms with Crippen LogP contribution < -0.4 is 10.1 Å². The van der Waals surface area contributed by atoms with Gasteiger partial charge in [-0.15, -0.1) is 0 Å². The molecule has 1 aliphatic rings. The Morgan fingerprint density at radius 2 is 2.00 bits per heavy atom. The summed E-state index contributed by atoms with van der Waals surface area (Å²) in [7, 11) is 1.62. The van der Waals surface area contributed by atoms with Crippen LogP contribution in [-0.2, 0) is 11.3 Å². The number of anilines is 1. The van der Waals surface area contributed by atoms with E-state index in [0.717, 1.165) is 43.8 Å². The highest BCUT2D eigenvalue weighted by Gasteiger charge is 2.25. The van der Waals surface area contributed by atoms with E-state index in [1.165, 1.54) is 5.69 Å². The van der Waals surface area contributed by atoms with Gasteiger partial charge >= 0.3 is 0 Å². The van der Waals surface area contributed by atoms with E-state index in [4.69, 9.17) is 4.74 Å². The molecule has 0 spiro atoms. The normalized spacial score (nSPS) is 15.7. The second-order valence-corrected chi connectivity index (χ2v) is 6.91. The summed E-state index contributed by atoms with van der Waals surface area (Å²) in [5.41, 5.74) is 2.93. The average Bonchev–Trinajstić information content (AvgIpc) is 3.19. The van der Waals surface area contributed by atoms with Gasteiger partial charge in [-0.05, 0) is 50.2 Å². The van der Waals surface area contributed by atoms with Gasteiger partial charge in [0.2, 0.25) is 5.91 Å². The Morgan fingerprint density at radius 3 is 2.81 bits per heavy atom. The van der Waals surface area contributed by atoms with E-state index in [-0.39, 0.29) is 11.8 Å². The van der Waals surface area contributed by atoms with Crippen LogP contribution in [0.5, 0.6) is 5.75 Å². The molecule has 27 heavy (non-hydrogen) atoms. The topological polar surface area (TPSA) is 58.9 Å². The number of aromatic nitrogens is 2. The molecule has 1 aliphatic heterocycles. The molecule has 0 radical (unpaired) electrons. The third-order valence-electron chi connectivity index (χ3n) is 5.22. The molecule has 4 rings (SSSR count). The van der Waals surface area contributed by atoms with Gasteiger partial charge in [-0.25, -0.2) is 4.98 Å². The molecular formula is C21H24N4O2. The Morgan fingerprint density at radius 1 is 1.19 bits per heavy atom. The van der Waals surface area contributed by atoms with Crippen molar-refractivity contribution in [2.75, 3.05) is 25.5 Å². The van der Waals surface area contributed by atoms with Crippen molar-refractivity contribution >= 4 is 17.2 Å². The Hall–Kier alpha value is -2.86. The molecule has 1 saturated heterocycles. The molecule has 1 N–H and O–H groups in total. The highest BCUT2D eigenvalue weighted by Crippen LogP contribution is 2.26. The molecule has 2 aromatic heterocycles. The lowest BCUT2D eigenvalue weighted by molar-refractivity contribution is -0.121. The fourth-order valence-electron chi connectivity index (χ4n) is 3.70. The number of imidazole rings is 1. The standard InChI is InChI=1S/C21H24N4O2/c1-27-19-7-3-2-6-18(19)23-21(26)16-9-12-24(13-10-16)15-17-5-4-8-20-22-11-14-25(17)20/h2-8,11,14,16H,9-10,12-13,15H2,1H3,(H,23,26). The van der Waals surface area contributed by atoms with E-state index in [0.29, 0.717) is 5.75 Å². The largest absolute Gasteiger partial charge is 0.495 e. The van der Waals surface area contributed by atoms with Crippen LogP contribution in [0.15, 0.2) is 54.9 Å². The zero-order valence-corrected chi connectivity index (χ0v) is 15.5. The van der Waals surface area contributed by atoms with Crippen molar-refractivity contribution in [3.05, 3.63) is 60.6 Å². The predicted molar refractivity (Wildman–Crippen MR) is 105 cm³/mol. The van der Waals surface area contributed by atoms with Crippen LogP contribution in [-0.4, -0.2) is 40.4 Å². The molecule has 3 heterocycles. The molecule has 0 saturated carbocycles. The number of likely N-dealkylation sites (tertiary alicyclic amines) is 1. The number of benzene rings is 1. The van der Waals surface area contributed by atoms with Gasteiger partial charge in [-0.1, -0.05) is 18.2 Å². The summed E-state index contributed by atoms with van der Waals surface area (Å²) in [6.07, 6.45) is 5.55. The lowest BCUT2D eigenvalue weighted by Gasteiger charge is -2.31. The number of rotatable bonds is 5. The predicted octanol–water partition coefficient (Wildman–Crippen LogP) is 3.19. The number of ether oxygens (including phenoxy) is 1. The van der Waals surface area contributed by atoms with E-state index in [1.807, 2.05) is 48.8 Å². The van der Waals surface area contributed by atoms with Gasteiger partial charge in [0.15, 0.2) is 0 Å². The Labute approximate surface area is 158 Å². The quantitative estimate of drug-likeness (QED) is 0.755. The lowest BCUT2D eigenvalue weighted by atomic mass is 9.95. The molecule has 3 aromatic rings. The fraction of sp³-hybridized carbons (Fsp3) is 0.333. The number of pyridine rings is 1. The second kappa shape index (κ2) is 7.80. The van der Waals surface area contributed by atoms with Crippen LogP contribution in [0.1, 0.15) is 18.5 Å². The minimum Gasteiger partial charge on any atom is -0.495 e. The molecule has 0 aliphatic carbocycles. The highest BCUT2D eigenvalue weighted by atomic mass is 16.5. The van der Waals surface area contributed by atoms with Crippen LogP contribution in [0.25, 0.3) is 5.65 Å². The van der Waals surface area contributed by atoms with Gasteiger partial charge in [0.05, 0.1) is 12.8 Å². The summed E-state index contributed by atoms with van der Waals surface area (Å²) in [5.74, 6) is 0.808. The number of hydrogen-bond acceptors (Lipinski definition) is 4. The van der Waals surface area contributed by atoms with Crippen LogP contribution in [0.4, 0.5) is 5.69 Å². The van der Waals surface area contributed by atoms with E-state index < -0.39 is 0 Å². The molecule has 6 heteroatoms. The van der Waals surface area contributed by atoms with Gasteiger partial charge in [-0.3, -0.25) is 9.69 Å². The fourth-order valence-corrected chi connectivity index (χ4v) is 3.70. The number of methoxy groups -OCH3 is 1. The van der Waals surface area contributed by atoms with E-state index in [2.05, 4.69) is 25.7 Å². The molecule has 1 aromatic carbocycles. The van der Waals surface area contributed by atoms with Crippen molar-refractivity contribution in [2.45, 2.75) is 19.4 Å². The monoisotopic (exact) mass is 364 g/mol. The van der Waals surface area contributed by atoms with E-state index in [1.54, 1.807) is 7.11 Å². The van der Waals surface area contributed by atoms with Crippen LogP contribution in [0.2, 0.25) is 0 Å². The summed E-state index contributed by atoms with van der Waals surface area (Å²) in [6, 6.07) is 13.7. The molecule has 0 bridgehead atoms. The SMILES string of the molecule is COc1ccccc1NC(=O)C1CCN(Cc2cccc3nccn23)CC1. The summed E-state index contributed by atoms with van der Waals surface area (Å²) < 4.78 is 7.44. The summed E-state index contributed by atoms with van der Waals surface area (Å²) in [6.45, 7) is 2.69. The lowest BCUT2D eigenvalue weighted by Crippen LogP contribution is -2.38. The Balaban J connectivity index is 1.34. The number of hydrogen-bond donors (Lipinski definition) is 1. The Kier molecular flexibility index (Phi) is 5.07. The van der Waals surface area contributed by atoms with Gasteiger partial charge in [-0.2, -0.15) is 0 Å². The molecular weight excluding hydrogens is 340 g/mol. The molecule has 0 atom stereocenters. The maximum absolute atomic E-state index is 12.6. The zero-order chi connectivity index (χ0) is 18.6. The van der Waals surface area contributed by atoms with Crippen molar-refractivity contribution in [2.24, 2.45) is 5.92 Å². The average molecular weight is 364 g/mol. The van der Waals surface area contributed by atoms with E-state index >= 15 is 0 Å². The number of amides is 1. The number of para-hydroxylation sites is 2. The molecule has 0 unspecified atom stereocenters. The first-order chi connectivity index (χ1) is 13.2. The third kappa shape index (κ3) is 3.80. The summed E-state index contributed by atoms with van der Waals surface area (Å²) >= 11 is 0. The molecule has 140 valence electrons. The zero-order valence-electron chi connectivity index (χ0n) is 15.5. The molecule has 1 amide bonds. The van der Waals surface area contributed by atoms with Crippen molar-refractivity contribution in [1.82, 2.24) is 14.3 Å². The Bertz CT molecular complexity index is 929. The van der Waals surface area contributed by atoms with Crippen molar-refractivity contribution in [1.29, 1.82) is 0 Å². The van der Waals surface area contributed by atoms with Crippen LogP contribution in [0, 0.1) is 5.92 Å². The minimum absolute atomic E-state index is 0.0372. The summed E-state index contributed by atoms with van der Waals surface area (Å²) in [5, 5.41) is 3.02. The number of fused-ring (bicyclic) bond motifs is 1. The van der Waals surface area contributed by atoms with Gasteiger partial charge < -0.3 is 14.5 Å². The number of nitrogens with one attached hydrogen (secondary N) is 1. The van der Waals surface area contributed by atoms with Gasteiger partial charge in [0.1, 0.15) is 11.4 Å². The molecule has 1 fully saturated rings. The third-order valence-corrected chi connectivity index (χ3v) is 5.22. The molecule has 6 nitrogen and oxygen atoms in total. The minimum atomic E-state index is 0.0372. The summed E-state index contributed by atoms with van der Waals surface area (Å²) in [4.78, 5) is 19.4. The van der Waals surface area contributed by atoms with Gasteiger partial charge in [0.25, 0.3) is 0 Å². The number of carbonyl (C=O) groups is 1. The number of carbonyl (C=O) groups excluding carboxylic acids is 1. The van der Waals surface area contributed by atoms with Crippen molar-refractivity contribution < 1.29 is 9.53 Å². The number of piperidine rings is 1. The van der Waals surface area contributed by atoms with Crippen LogP contribution >= 0.6 is 0 Å². The first-order valence-corrected chi connectivity index (χ1v) is 9.32. The smallest absolute Gasteiger partial charge is 0.227 e.